The molecule has 192 valence electrons. The molecule has 2 rings (SSSR count). The molecule has 0 amide bonds. The van der Waals surface area contributed by atoms with E-state index in [-0.39, 0.29) is 35.2 Å². The highest BCUT2D eigenvalue weighted by atomic mass is 79.9. The average molecular weight is 543 g/mol. The summed E-state index contributed by atoms with van der Waals surface area (Å²) in [7, 11) is 0. The number of nitrogens with one attached hydrogen (secondary N) is 1. The van der Waals surface area contributed by atoms with Crippen molar-refractivity contribution in [1.82, 2.24) is 9.55 Å². The summed E-state index contributed by atoms with van der Waals surface area (Å²) < 4.78 is 1.30. The maximum Gasteiger partial charge on any atom is 0.327 e. The predicted molar refractivity (Wildman–Crippen MR) is 140 cm³/mol. The third kappa shape index (κ3) is 12.0. The number of pyridine rings is 2. The number of carboxylic acids is 2. The summed E-state index contributed by atoms with van der Waals surface area (Å²) in [6, 6.07) is 5.83. The molecule has 0 spiro atoms. The Kier molecular flexibility index (Phi) is 16.6. The quantitative estimate of drug-likeness (QED) is 0.420. The van der Waals surface area contributed by atoms with Crippen molar-refractivity contribution in [2.24, 2.45) is 11.8 Å². The Morgan fingerprint density at radius 2 is 1.50 bits per heavy atom. The Morgan fingerprint density at radius 3 is 1.82 bits per heavy atom. The van der Waals surface area contributed by atoms with Crippen LogP contribution in [0.15, 0.2) is 46.2 Å². The van der Waals surface area contributed by atoms with Crippen LogP contribution in [-0.2, 0) is 9.59 Å². The van der Waals surface area contributed by atoms with Gasteiger partial charge in [0.15, 0.2) is 0 Å². The van der Waals surface area contributed by atoms with Gasteiger partial charge in [0.05, 0.1) is 0 Å². The van der Waals surface area contributed by atoms with Crippen LogP contribution in [-0.4, -0.2) is 36.5 Å². The number of halogens is 1. The molecule has 0 bridgehead atoms. The Bertz CT molecular complexity index is 1000. The van der Waals surface area contributed by atoms with Crippen molar-refractivity contribution < 1.29 is 19.8 Å². The molecule has 0 aliphatic heterocycles. The number of H-pyrrole nitrogens is 1. The number of rotatable bonds is 7. The molecule has 2 aromatic heterocycles. The highest BCUT2D eigenvalue weighted by Gasteiger charge is 2.25. The van der Waals surface area contributed by atoms with Gasteiger partial charge in [-0.1, -0.05) is 63.9 Å². The largest absolute Gasteiger partial charge is 0.480 e. The first-order valence-electron chi connectivity index (χ1n) is 10.8. The van der Waals surface area contributed by atoms with Crippen molar-refractivity contribution in [2.75, 3.05) is 0 Å². The highest BCUT2D eigenvalue weighted by Crippen LogP contribution is 2.19. The topological polar surface area (TPSA) is 129 Å². The average Bonchev–Trinajstić information content (AvgIpc) is 2.74. The van der Waals surface area contributed by atoms with E-state index in [0.29, 0.717) is 0 Å². The van der Waals surface area contributed by atoms with Crippen LogP contribution in [0.25, 0.3) is 0 Å². The van der Waals surface area contributed by atoms with Crippen LogP contribution < -0.4 is 11.1 Å². The smallest absolute Gasteiger partial charge is 0.327 e. The molecule has 0 fully saturated rings. The second-order valence-corrected chi connectivity index (χ2v) is 8.96. The number of nitrogens with zero attached hydrogens (tertiary/aromatic N) is 1. The van der Waals surface area contributed by atoms with Gasteiger partial charge in [-0.15, -0.1) is 0 Å². The van der Waals surface area contributed by atoms with Gasteiger partial charge in [0.25, 0.3) is 5.56 Å². The number of aliphatic carboxylic acids is 2. The third-order valence-corrected chi connectivity index (χ3v) is 6.44. The number of hydrogen-bond acceptors (Lipinski definition) is 4. The second kappa shape index (κ2) is 16.9. The van der Waals surface area contributed by atoms with Crippen LogP contribution in [0.3, 0.4) is 0 Å². The molecule has 0 saturated carbocycles. The number of aryl methyl sites for hydroxylation is 2. The molecule has 3 N–H and O–H groups in total. The fraction of sp³-hybridized carbons (Fsp3) is 0.520. The number of aromatic amines is 1. The molecule has 0 radical (unpaired) electrons. The van der Waals surface area contributed by atoms with E-state index in [2.05, 4.69) is 20.9 Å². The van der Waals surface area contributed by atoms with E-state index in [4.69, 9.17) is 10.2 Å². The number of alkyl halides is 1. The second-order valence-electron chi connectivity index (χ2n) is 7.97. The lowest BCUT2D eigenvalue weighted by molar-refractivity contribution is -0.142. The molecular weight excluding hydrogens is 504 g/mol. The van der Waals surface area contributed by atoms with Crippen molar-refractivity contribution >= 4 is 27.9 Å². The maximum absolute atomic E-state index is 11.7. The Balaban J connectivity index is 0. The Hall–Kier alpha value is -2.68. The zero-order valence-electron chi connectivity index (χ0n) is 20.0. The Morgan fingerprint density at radius 1 is 0.971 bits per heavy atom. The van der Waals surface area contributed by atoms with E-state index >= 15 is 0 Å². The van der Waals surface area contributed by atoms with Crippen LogP contribution in [0.2, 0.25) is 0 Å². The zero-order chi connectivity index (χ0) is 25.7. The lowest BCUT2D eigenvalue weighted by Gasteiger charge is -2.21. The lowest BCUT2D eigenvalue weighted by atomic mass is 9.99. The molecule has 0 unspecified atom stereocenters. The van der Waals surface area contributed by atoms with Crippen molar-refractivity contribution in [1.29, 1.82) is 0 Å². The first kappa shape index (κ1) is 33.5. The Labute approximate surface area is 210 Å². The predicted octanol–water partition coefficient (Wildman–Crippen LogP) is 5.03. The summed E-state index contributed by atoms with van der Waals surface area (Å²) in [6.07, 6.45) is 4.81. The van der Waals surface area contributed by atoms with Gasteiger partial charge in [-0.3, -0.25) is 14.4 Å². The van der Waals surface area contributed by atoms with E-state index in [1.165, 1.54) is 10.6 Å². The minimum absolute atomic E-state index is 0. The molecule has 2 aromatic rings. The van der Waals surface area contributed by atoms with Gasteiger partial charge >= 0.3 is 11.9 Å². The lowest BCUT2D eigenvalue weighted by Crippen LogP contribution is -2.33. The third-order valence-electron chi connectivity index (χ3n) is 5.15. The summed E-state index contributed by atoms with van der Waals surface area (Å²) >= 11 is 3.07. The summed E-state index contributed by atoms with van der Waals surface area (Å²) in [5.74, 6) is -1.59. The van der Waals surface area contributed by atoms with Gasteiger partial charge < -0.3 is 19.8 Å². The number of carboxylic acid groups (broad SMARTS) is 2. The van der Waals surface area contributed by atoms with Crippen LogP contribution >= 0.6 is 15.9 Å². The molecule has 4 atom stereocenters. The number of carbonyl (C=O) groups is 2. The number of aromatic nitrogens is 2. The zero-order valence-corrected chi connectivity index (χ0v) is 21.6. The first-order valence-corrected chi connectivity index (χ1v) is 11.7. The van der Waals surface area contributed by atoms with Crippen molar-refractivity contribution in [3.05, 3.63) is 68.5 Å². The highest BCUT2D eigenvalue weighted by molar-refractivity contribution is 9.10. The van der Waals surface area contributed by atoms with Crippen LogP contribution in [0, 0.1) is 25.7 Å². The summed E-state index contributed by atoms with van der Waals surface area (Å²) in [5.41, 5.74) is 1.54. The molecule has 2 heterocycles. The normalized spacial score (nSPS) is 13.4. The van der Waals surface area contributed by atoms with Gasteiger partial charge in [0, 0.05) is 24.5 Å². The van der Waals surface area contributed by atoms with E-state index < -0.39 is 18.0 Å². The van der Waals surface area contributed by atoms with Crippen LogP contribution in [0.5, 0.6) is 0 Å². The van der Waals surface area contributed by atoms with Crippen molar-refractivity contribution in [3.63, 3.8) is 0 Å². The molecule has 34 heavy (non-hydrogen) atoms. The van der Waals surface area contributed by atoms with Gasteiger partial charge in [0.2, 0.25) is 5.56 Å². The first-order chi connectivity index (χ1) is 15.3. The van der Waals surface area contributed by atoms with Gasteiger partial charge in [-0.25, -0.2) is 4.79 Å². The van der Waals surface area contributed by atoms with Crippen molar-refractivity contribution in [2.45, 2.75) is 72.7 Å². The summed E-state index contributed by atoms with van der Waals surface area (Å²) in [6.45, 7) is 11.3. The van der Waals surface area contributed by atoms with E-state index in [0.717, 1.165) is 24.0 Å². The monoisotopic (exact) mass is 542 g/mol. The fourth-order valence-electron chi connectivity index (χ4n) is 2.68. The molecule has 9 heteroatoms. The molecule has 8 nitrogen and oxygen atoms in total. The van der Waals surface area contributed by atoms with Gasteiger partial charge in [0.1, 0.15) is 10.9 Å². The fourth-order valence-corrected chi connectivity index (χ4v) is 3.05. The molecule has 0 aliphatic rings. The molecule has 0 saturated heterocycles. The van der Waals surface area contributed by atoms with Gasteiger partial charge in [-0.05, 0) is 48.9 Å². The van der Waals surface area contributed by atoms with Gasteiger partial charge in [-0.2, -0.15) is 0 Å². The van der Waals surface area contributed by atoms with E-state index in [1.807, 2.05) is 47.6 Å². The standard InChI is InChI=1S/C12H17NO3.C6H11BrO2.C6H7NO.CH4/c1-4-9(3)11(12(15)16)13-6-5-8(2)7-10(13)14;1-3-4(2)5(7)6(8)9;1-5-2-3-7-6(8)4-5;/h5-7,9,11H,4H2,1-3H3,(H,15,16);4-5H,3H2,1-2H3,(H,8,9);2-4H,1H3,(H,7,8);1H4/t9-,11+;4-,5-;;/m11../s1. The molecule has 0 aliphatic carbocycles. The minimum atomic E-state index is -0.958. The molecule has 0 aromatic carbocycles. The minimum Gasteiger partial charge on any atom is -0.480 e. The maximum atomic E-state index is 11.7. The molecular formula is C25H39BrN2O6. The van der Waals surface area contributed by atoms with Crippen molar-refractivity contribution in [3.8, 4) is 0 Å². The number of hydrogen-bond donors (Lipinski definition) is 3. The van der Waals surface area contributed by atoms with Crippen LogP contribution in [0.4, 0.5) is 0 Å². The summed E-state index contributed by atoms with van der Waals surface area (Å²) in [5, 5.41) is 17.6. The summed E-state index contributed by atoms with van der Waals surface area (Å²) in [4.78, 5) is 45.7. The van der Waals surface area contributed by atoms with Crippen LogP contribution in [0.1, 0.15) is 65.1 Å². The SMILES string of the molecule is C.CC[C@@H](C)[C@@H](Br)C(=O)O.CC[C@@H](C)[C@@H](C(=O)O)n1ccc(C)cc1=O.Cc1cc[nH]c(=O)c1. The van der Waals surface area contributed by atoms with E-state index in [1.54, 1.807) is 24.5 Å². The van der Waals surface area contributed by atoms with E-state index in [9.17, 15) is 19.2 Å².